The zero-order valence-corrected chi connectivity index (χ0v) is 11.4. The van der Waals surface area contributed by atoms with Crippen LogP contribution in [0, 0.1) is 5.82 Å². The summed E-state index contributed by atoms with van der Waals surface area (Å²) in [6.45, 7) is 2.31. The van der Waals surface area contributed by atoms with Crippen molar-refractivity contribution < 1.29 is 28.5 Å². The maximum atomic E-state index is 13.5. The number of ether oxygens (including phenoxy) is 2. The first kappa shape index (κ1) is 15.9. The molecular formula is C11H17FNO5P. The summed E-state index contributed by atoms with van der Waals surface area (Å²) in [6.07, 6.45) is 0.0378. The third-order valence-corrected chi connectivity index (χ3v) is 3.47. The Balaban J connectivity index is 2.43. The quantitative estimate of drug-likeness (QED) is 0.387. The van der Waals surface area contributed by atoms with E-state index >= 15 is 0 Å². The Morgan fingerprint density at radius 2 is 2.16 bits per heavy atom. The Kier molecular flexibility index (Phi) is 6.24. The molecule has 0 aromatic heterocycles. The zero-order chi connectivity index (χ0) is 14.3. The first-order valence-electron chi connectivity index (χ1n) is 5.77. The molecule has 0 spiro atoms. The standard InChI is InChI=1S/C11H17FNO5P/c1-2-17-9-4-5-11(10(12)8-9)18-6-3-7-19(15,16)13-14/h4-5,8,14H,2-3,6-7H2,1H3,(H2,13,15,16). The molecule has 0 radical (unpaired) electrons. The summed E-state index contributed by atoms with van der Waals surface area (Å²) in [7, 11) is -3.71. The molecule has 0 bridgehead atoms. The number of rotatable bonds is 8. The van der Waals surface area contributed by atoms with Crippen molar-refractivity contribution in [1.29, 1.82) is 0 Å². The fraction of sp³-hybridized carbons (Fsp3) is 0.455. The van der Waals surface area contributed by atoms with Crippen molar-refractivity contribution in [3.05, 3.63) is 24.0 Å². The van der Waals surface area contributed by atoms with Crippen LogP contribution in [0.1, 0.15) is 13.3 Å². The molecule has 0 aliphatic carbocycles. The van der Waals surface area contributed by atoms with E-state index in [0.29, 0.717) is 12.4 Å². The van der Waals surface area contributed by atoms with Gasteiger partial charge >= 0.3 is 0 Å². The van der Waals surface area contributed by atoms with Crippen molar-refractivity contribution in [2.75, 3.05) is 19.4 Å². The van der Waals surface area contributed by atoms with Gasteiger partial charge in [0.2, 0.25) is 0 Å². The van der Waals surface area contributed by atoms with Gasteiger partial charge in [0.05, 0.1) is 13.2 Å². The van der Waals surface area contributed by atoms with E-state index in [2.05, 4.69) is 0 Å². The maximum absolute atomic E-state index is 13.5. The second-order valence-corrected chi connectivity index (χ2v) is 5.80. The molecule has 108 valence electrons. The largest absolute Gasteiger partial charge is 0.494 e. The summed E-state index contributed by atoms with van der Waals surface area (Å²) in [5.41, 5.74) is 0. The average Bonchev–Trinajstić information content (AvgIpc) is 2.37. The van der Waals surface area contributed by atoms with Crippen LogP contribution < -0.4 is 14.7 Å². The molecule has 0 aliphatic rings. The lowest BCUT2D eigenvalue weighted by molar-refractivity contribution is 0.220. The van der Waals surface area contributed by atoms with E-state index in [1.807, 2.05) is 0 Å². The lowest BCUT2D eigenvalue weighted by atomic mass is 10.3. The van der Waals surface area contributed by atoms with Crippen LogP contribution >= 0.6 is 7.52 Å². The molecule has 1 aromatic carbocycles. The molecule has 19 heavy (non-hydrogen) atoms. The van der Waals surface area contributed by atoms with Crippen LogP contribution in [0.25, 0.3) is 0 Å². The fourth-order valence-corrected chi connectivity index (χ4v) is 2.02. The molecule has 0 heterocycles. The van der Waals surface area contributed by atoms with Crippen molar-refractivity contribution >= 4 is 7.52 Å². The van der Waals surface area contributed by atoms with Crippen LogP contribution in [-0.4, -0.2) is 29.5 Å². The topological polar surface area (TPSA) is 88.0 Å². The molecule has 0 saturated heterocycles. The molecule has 6 nitrogen and oxygen atoms in total. The first-order chi connectivity index (χ1) is 8.98. The Bertz CT molecular complexity index is 457. The van der Waals surface area contributed by atoms with Gasteiger partial charge in [-0.3, -0.25) is 4.57 Å². The van der Waals surface area contributed by atoms with E-state index in [1.54, 1.807) is 13.0 Å². The normalized spacial score (nSPS) is 13.9. The monoisotopic (exact) mass is 293 g/mol. The molecule has 3 N–H and O–H groups in total. The highest BCUT2D eigenvalue weighted by Crippen LogP contribution is 2.34. The molecule has 1 unspecified atom stereocenters. The number of nitrogens with one attached hydrogen (secondary N) is 1. The van der Waals surface area contributed by atoms with E-state index in [-0.39, 0.29) is 24.9 Å². The van der Waals surface area contributed by atoms with Gasteiger partial charge in [0, 0.05) is 12.2 Å². The van der Waals surface area contributed by atoms with Crippen LogP contribution in [0.15, 0.2) is 18.2 Å². The van der Waals surface area contributed by atoms with Crippen molar-refractivity contribution in [3.8, 4) is 11.5 Å². The second-order valence-electron chi connectivity index (χ2n) is 3.75. The highest BCUT2D eigenvalue weighted by molar-refractivity contribution is 7.55. The van der Waals surface area contributed by atoms with Crippen LogP contribution in [0.4, 0.5) is 4.39 Å². The number of halogens is 1. The lowest BCUT2D eigenvalue weighted by Gasteiger charge is -2.11. The van der Waals surface area contributed by atoms with E-state index < -0.39 is 13.3 Å². The first-order valence-corrected chi connectivity index (χ1v) is 7.61. The van der Waals surface area contributed by atoms with E-state index in [0.717, 1.165) is 0 Å². The van der Waals surface area contributed by atoms with Crippen LogP contribution in [-0.2, 0) is 4.57 Å². The minimum atomic E-state index is -3.71. The highest BCUT2D eigenvalue weighted by Gasteiger charge is 2.15. The fourth-order valence-electron chi connectivity index (χ4n) is 1.37. The Morgan fingerprint density at radius 3 is 2.74 bits per heavy atom. The van der Waals surface area contributed by atoms with E-state index in [1.165, 1.54) is 17.4 Å². The second kappa shape index (κ2) is 7.45. The third kappa shape index (κ3) is 5.57. The van der Waals surface area contributed by atoms with Gasteiger partial charge in [-0.1, -0.05) is 0 Å². The van der Waals surface area contributed by atoms with Gasteiger partial charge in [0.15, 0.2) is 11.6 Å². The van der Waals surface area contributed by atoms with Gasteiger partial charge in [0.1, 0.15) is 5.75 Å². The molecule has 1 aromatic rings. The van der Waals surface area contributed by atoms with Crippen LogP contribution in [0.3, 0.4) is 0 Å². The molecule has 0 fully saturated rings. The smallest absolute Gasteiger partial charge is 0.289 e. The molecule has 8 heteroatoms. The Hall–Kier alpha value is -1.14. The van der Waals surface area contributed by atoms with Gasteiger partial charge in [-0.2, -0.15) is 0 Å². The van der Waals surface area contributed by atoms with Crippen molar-refractivity contribution in [3.63, 3.8) is 0 Å². The Morgan fingerprint density at radius 1 is 1.42 bits per heavy atom. The van der Waals surface area contributed by atoms with Gasteiger partial charge in [0.25, 0.3) is 7.52 Å². The van der Waals surface area contributed by atoms with E-state index in [4.69, 9.17) is 19.6 Å². The van der Waals surface area contributed by atoms with Crippen molar-refractivity contribution in [2.24, 2.45) is 0 Å². The SMILES string of the molecule is CCOc1ccc(OCCCP(=O)(O)NO)c(F)c1. The minimum absolute atomic E-state index is 0.0492. The summed E-state index contributed by atoms with van der Waals surface area (Å²) < 4.78 is 34.8. The zero-order valence-electron chi connectivity index (χ0n) is 10.5. The molecule has 0 saturated carbocycles. The van der Waals surface area contributed by atoms with Crippen molar-refractivity contribution in [2.45, 2.75) is 13.3 Å². The van der Waals surface area contributed by atoms with Gasteiger partial charge in [-0.25, -0.2) is 4.39 Å². The molecule has 0 aliphatic heterocycles. The number of benzene rings is 1. The summed E-state index contributed by atoms with van der Waals surface area (Å²) in [5.74, 6) is -0.0942. The highest BCUT2D eigenvalue weighted by atomic mass is 31.2. The summed E-state index contributed by atoms with van der Waals surface area (Å²) in [4.78, 5) is 9.02. The van der Waals surface area contributed by atoms with Gasteiger partial charge < -0.3 is 19.6 Å². The molecule has 0 amide bonds. The minimum Gasteiger partial charge on any atom is -0.494 e. The number of hydrogen-bond donors (Lipinski definition) is 3. The average molecular weight is 293 g/mol. The summed E-state index contributed by atoms with van der Waals surface area (Å²) in [6, 6.07) is 4.22. The predicted molar refractivity (Wildman–Crippen MR) is 67.3 cm³/mol. The summed E-state index contributed by atoms with van der Waals surface area (Å²) in [5, 5.41) is 9.70. The maximum Gasteiger partial charge on any atom is 0.289 e. The van der Waals surface area contributed by atoms with Crippen LogP contribution in [0.5, 0.6) is 11.5 Å². The van der Waals surface area contributed by atoms with Crippen molar-refractivity contribution in [1.82, 2.24) is 5.25 Å². The molecular weight excluding hydrogens is 276 g/mol. The van der Waals surface area contributed by atoms with E-state index in [9.17, 15) is 8.96 Å². The summed E-state index contributed by atoms with van der Waals surface area (Å²) >= 11 is 0. The third-order valence-electron chi connectivity index (χ3n) is 2.23. The lowest BCUT2D eigenvalue weighted by Crippen LogP contribution is -2.09. The van der Waals surface area contributed by atoms with Gasteiger partial charge in [-0.15, -0.1) is 5.25 Å². The predicted octanol–water partition coefficient (Wildman–Crippen LogP) is 2.16. The number of hydrogen-bond acceptors (Lipinski definition) is 4. The molecule has 1 rings (SSSR count). The van der Waals surface area contributed by atoms with Crippen LogP contribution in [0.2, 0.25) is 0 Å². The van der Waals surface area contributed by atoms with Gasteiger partial charge in [-0.05, 0) is 25.5 Å². The Labute approximate surface area is 110 Å². The molecule has 1 atom stereocenters.